The zero-order chi connectivity index (χ0) is 27.7. The van der Waals surface area contributed by atoms with Gasteiger partial charge in [-0.2, -0.15) is 0 Å². The van der Waals surface area contributed by atoms with Crippen molar-refractivity contribution in [3.8, 4) is 0 Å². The third kappa shape index (κ3) is 5.51. The summed E-state index contributed by atoms with van der Waals surface area (Å²) in [5.74, 6) is -0.157. The third-order valence-corrected chi connectivity index (χ3v) is 8.06. The number of nitrogens with one attached hydrogen (secondary N) is 1. The number of benzene rings is 2. The molecule has 0 radical (unpaired) electrons. The Bertz CT molecular complexity index is 1600. The number of carbonyl (C=O) groups is 2. The number of likely N-dealkylation sites (tertiary alicyclic amines) is 1. The number of rotatable bonds is 5. The maximum Gasteiger partial charge on any atom is 0.274 e. The Hall–Kier alpha value is -4.18. The van der Waals surface area contributed by atoms with Crippen molar-refractivity contribution >= 4 is 50.0 Å². The van der Waals surface area contributed by atoms with Crippen molar-refractivity contribution in [3.05, 3.63) is 103 Å². The summed E-state index contributed by atoms with van der Waals surface area (Å²) in [5, 5.41) is 15.1. The number of nitro benzene ring substituents is 1. The molecule has 0 aliphatic carbocycles. The maximum atomic E-state index is 13.1. The molecule has 1 aliphatic rings. The van der Waals surface area contributed by atoms with Gasteiger partial charge in [0.15, 0.2) is 0 Å². The van der Waals surface area contributed by atoms with Gasteiger partial charge in [-0.3, -0.25) is 29.7 Å². The lowest BCUT2D eigenvalue weighted by atomic mass is 9.89. The summed E-state index contributed by atoms with van der Waals surface area (Å²) in [4.78, 5) is 47.3. The molecule has 0 atom stereocenters. The lowest BCUT2D eigenvalue weighted by Crippen LogP contribution is -2.38. The van der Waals surface area contributed by atoms with Gasteiger partial charge in [0.2, 0.25) is 0 Å². The average molecular weight is 588 g/mol. The summed E-state index contributed by atoms with van der Waals surface area (Å²) in [6.45, 7) is 4.58. The Labute approximate surface area is 233 Å². The molecule has 5 rings (SSSR count). The number of hydrogen-bond acceptors (Lipinski definition) is 6. The first-order valence-corrected chi connectivity index (χ1v) is 13.4. The molecule has 1 fully saturated rings. The van der Waals surface area contributed by atoms with Crippen molar-refractivity contribution in [3.63, 3.8) is 0 Å². The van der Waals surface area contributed by atoms with E-state index in [2.05, 4.69) is 31.2 Å². The summed E-state index contributed by atoms with van der Waals surface area (Å²) in [6, 6.07) is 14.4. The Balaban J connectivity index is 1.21. The standard InChI is InChI=1S/C29H26BrN5O4/c1-17-25(30)14-21(15-27(17)35(38)39)29(37)34-11-8-20(9-12-34)19-3-5-23(6-4-19)33-28(36)24-13-22-16-31-10-7-26(22)32-18(24)2/h3-7,10,13-16,20H,8-9,11-12H2,1-2H3,(H,33,36). The summed E-state index contributed by atoms with van der Waals surface area (Å²) < 4.78 is 0.547. The number of hydrogen-bond donors (Lipinski definition) is 1. The minimum Gasteiger partial charge on any atom is -0.339 e. The number of aryl methyl sites for hydroxylation is 1. The highest BCUT2D eigenvalue weighted by atomic mass is 79.9. The van der Waals surface area contributed by atoms with Gasteiger partial charge >= 0.3 is 0 Å². The van der Waals surface area contributed by atoms with Crippen molar-refractivity contribution < 1.29 is 14.5 Å². The van der Waals surface area contributed by atoms with E-state index in [1.807, 2.05) is 37.3 Å². The van der Waals surface area contributed by atoms with Gasteiger partial charge in [0.1, 0.15) is 0 Å². The van der Waals surface area contributed by atoms with Gasteiger partial charge in [0.25, 0.3) is 17.5 Å². The number of carbonyl (C=O) groups excluding carboxylic acids is 2. The van der Waals surface area contributed by atoms with Crippen LogP contribution in [0.3, 0.4) is 0 Å². The second-order valence-corrected chi connectivity index (χ2v) is 10.5. The van der Waals surface area contributed by atoms with Gasteiger partial charge in [-0.25, -0.2) is 0 Å². The van der Waals surface area contributed by atoms with Crippen molar-refractivity contribution in [2.45, 2.75) is 32.6 Å². The molecule has 39 heavy (non-hydrogen) atoms. The highest BCUT2D eigenvalue weighted by Gasteiger charge is 2.27. The van der Waals surface area contributed by atoms with Crippen LogP contribution < -0.4 is 5.32 Å². The van der Waals surface area contributed by atoms with Crippen LogP contribution in [0.1, 0.15) is 56.3 Å². The number of fused-ring (bicyclic) bond motifs is 1. The average Bonchev–Trinajstić information content (AvgIpc) is 2.94. The first-order chi connectivity index (χ1) is 18.7. The van der Waals surface area contributed by atoms with Gasteiger partial charge in [-0.05, 0) is 68.5 Å². The van der Waals surface area contributed by atoms with Gasteiger partial charge in [-0.1, -0.05) is 28.1 Å². The second-order valence-electron chi connectivity index (χ2n) is 9.69. The zero-order valence-electron chi connectivity index (χ0n) is 21.5. The molecular formula is C29H26BrN5O4. The van der Waals surface area contributed by atoms with E-state index in [0.717, 1.165) is 29.3 Å². The molecule has 2 amide bonds. The van der Waals surface area contributed by atoms with Crippen LogP contribution in [-0.2, 0) is 0 Å². The minimum atomic E-state index is -0.466. The fourth-order valence-corrected chi connectivity index (χ4v) is 5.41. The van der Waals surface area contributed by atoms with Gasteiger partial charge in [-0.15, -0.1) is 0 Å². The van der Waals surface area contributed by atoms with Crippen LogP contribution in [-0.4, -0.2) is 44.7 Å². The molecule has 0 saturated carbocycles. The molecule has 2 aromatic heterocycles. The molecule has 198 valence electrons. The quantitative estimate of drug-likeness (QED) is 0.220. The third-order valence-electron chi connectivity index (χ3n) is 7.23. The van der Waals surface area contributed by atoms with Crippen LogP contribution in [0.2, 0.25) is 0 Å². The normalized spacial score (nSPS) is 13.9. The monoisotopic (exact) mass is 587 g/mol. The second kappa shape index (κ2) is 10.9. The van der Waals surface area contributed by atoms with E-state index >= 15 is 0 Å². The van der Waals surface area contributed by atoms with Crippen molar-refractivity contribution in [2.75, 3.05) is 18.4 Å². The van der Waals surface area contributed by atoms with E-state index in [1.165, 1.54) is 6.07 Å². The van der Waals surface area contributed by atoms with E-state index in [1.54, 1.807) is 36.4 Å². The zero-order valence-corrected chi connectivity index (χ0v) is 23.1. The molecule has 10 heteroatoms. The molecule has 4 aromatic rings. The number of halogens is 1. The summed E-state index contributed by atoms with van der Waals surface area (Å²) >= 11 is 3.34. The van der Waals surface area contributed by atoms with Crippen molar-refractivity contribution in [1.82, 2.24) is 14.9 Å². The number of amides is 2. The molecule has 0 bridgehead atoms. The Kier molecular flexibility index (Phi) is 7.38. The lowest BCUT2D eigenvalue weighted by Gasteiger charge is -2.32. The predicted octanol–water partition coefficient (Wildman–Crippen LogP) is 6.19. The molecule has 9 nitrogen and oxygen atoms in total. The Morgan fingerprint density at radius 1 is 1.08 bits per heavy atom. The first-order valence-electron chi connectivity index (χ1n) is 12.6. The minimum absolute atomic E-state index is 0.0705. The van der Waals surface area contributed by atoms with Gasteiger partial charge < -0.3 is 10.2 Å². The first kappa shape index (κ1) is 26.4. The lowest BCUT2D eigenvalue weighted by molar-refractivity contribution is -0.385. The van der Waals surface area contributed by atoms with Crippen LogP contribution in [0.25, 0.3) is 10.9 Å². The topological polar surface area (TPSA) is 118 Å². The molecule has 0 unspecified atom stereocenters. The van der Waals surface area contributed by atoms with E-state index in [-0.39, 0.29) is 23.4 Å². The number of anilines is 1. The van der Waals surface area contributed by atoms with E-state index in [9.17, 15) is 19.7 Å². The molecule has 3 heterocycles. The van der Waals surface area contributed by atoms with Crippen molar-refractivity contribution in [2.24, 2.45) is 0 Å². The number of piperidine rings is 1. The number of nitro groups is 1. The van der Waals surface area contributed by atoms with Crippen molar-refractivity contribution in [1.29, 1.82) is 0 Å². The SMILES string of the molecule is Cc1nc2ccncc2cc1C(=O)Nc1ccc(C2CCN(C(=O)c3cc(Br)c(C)c([N+](=O)[O-])c3)CC2)cc1. The number of pyridine rings is 2. The van der Waals surface area contributed by atoms with E-state index in [0.29, 0.717) is 45.6 Å². The van der Waals surface area contributed by atoms with E-state index in [4.69, 9.17) is 0 Å². The number of nitrogens with zero attached hydrogens (tertiary/aromatic N) is 4. The smallest absolute Gasteiger partial charge is 0.274 e. The molecular weight excluding hydrogens is 562 g/mol. The Morgan fingerprint density at radius 3 is 2.49 bits per heavy atom. The maximum absolute atomic E-state index is 13.1. The molecule has 0 spiro atoms. The molecule has 1 aliphatic heterocycles. The highest BCUT2D eigenvalue weighted by molar-refractivity contribution is 9.10. The summed E-state index contributed by atoms with van der Waals surface area (Å²) in [6.07, 6.45) is 4.93. The van der Waals surface area contributed by atoms with E-state index < -0.39 is 4.92 Å². The van der Waals surface area contributed by atoms with Crippen LogP contribution in [0, 0.1) is 24.0 Å². The fraction of sp³-hybridized carbons (Fsp3) is 0.241. The van der Waals surface area contributed by atoms with Crippen LogP contribution in [0.15, 0.2) is 65.4 Å². The van der Waals surface area contributed by atoms with Crippen LogP contribution in [0.5, 0.6) is 0 Å². The fourth-order valence-electron chi connectivity index (χ4n) is 4.96. The van der Waals surface area contributed by atoms with Gasteiger partial charge in [0.05, 0.1) is 21.7 Å². The molecule has 1 saturated heterocycles. The van der Waals surface area contributed by atoms with Crippen LogP contribution in [0.4, 0.5) is 11.4 Å². The van der Waals surface area contributed by atoms with Crippen LogP contribution >= 0.6 is 15.9 Å². The predicted molar refractivity (Wildman–Crippen MR) is 152 cm³/mol. The molecule has 2 aromatic carbocycles. The summed E-state index contributed by atoms with van der Waals surface area (Å²) in [7, 11) is 0. The molecule has 1 N–H and O–H groups in total. The highest BCUT2D eigenvalue weighted by Crippen LogP contribution is 2.32. The number of aromatic nitrogens is 2. The van der Waals surface area contributed by atoms with Gasteiger partial charge in [0, 0.05) is 58.2 Å². The largest absolute Gasteiger partial charge is 0.339 e. The Morgan fingerprint density at radius 2 is 1.79 bits per heavy atom. The summed E-state index contributed by atoms with van der Waals surface area (Å²) in [5.41, 5.74) is 4.52.